The van der Waals surface area contributed by atoms with Gasteiger partial charge >= 0.3 is 0 Å². The lowest BCUT2D eigenvalue weighted by atomic mass is 10.0. The summed E-state index contributed by atoms with van der Waals surface area (Å²) >= 11 is 0. The minimum absolute atomic E-state index is 0.454. The fourth-order valence-electron chi connectivity index (χ4n) is 1.59. The lowest BCUT2D eigenvalue weighted by Crippen LogP contribution is -1.86. The third kappa shape index (κ3) is 1.94. The van der Waals surface area contributed by atoms with Crippen molar-refractivity contribution in [2.24, 2.45) is 0 Å². The molecule has 0 amide bonds. The van der Waals surface area contributed by atoms with Gasteiger partial charge in [-0.2, -0.15) is 5.26 Å². The first-order valence-corrected chi connectivity index (χ1v) is 5.14. The summed E-state index contributed by atoms with van der Waals surface area (Å²) in [4.78, 5) is 3.96. The van der Waals surface area contributed by atoms with Crippen LogP contribution in [0.2, 0.25) is 0 Å². The highest BCUT2D eigenvalue weighted by molar-refractivity contribution is 5.65. The Morgan fingerprint density at radius 1 is 1.00 bits per heavy atom. The molecular formula is C14H12N2. The third-order valence-electron chi connectivity index (χ3n) is 2.71. The van der Waals surface area contributed by atoms with Crippen LogP contribution in [0.3, 0.4) is 0 Å². The molecule has 1 heterocycles. The van der Waals surface area contributed by atoms with E-state index in [9.17, 15) is 0 Å². The molecule has 2 aromatic rings. The molecule has 0 radical (unpaired) electrons. The maximum absolute atomic E-state index is 8.80. The van der Waals surface area contributed by atoms with Gasteiger partial charge in [0.25, 0.3) is 0 Å². The van der Waals surface area contributed by atoms with Crippen molar-refractivity contribution in [2.45, 2.75) is 13.8 Å². The number of aromatic nitrogens is 1. The van der Waals surface area contributed by atoms with Crippen molar-refractivity contribution < 1.29 is 0 Å². The standard InChI is InChI=1S/C14H12N2/c1-10-3-4-12(7-11(10)2)13-5-6-16-14(8-13)9-15/h3-8H,1-2H3. The van der Waals surface area contributed by atoms with Crippen molar-refractivity contribution in [1.29, 1.82) is 5.26 Å². The zero-order valence-electron chi connectivity index (χ0n) is 9.36. The van der Waals surface area contributed by atoms with Gasteiger partial charge in [0.05, 0.1) is 0 Å². The van der Waals surface area contributed by atoms with Crippen molar-refractivity contribution in [3.05, 3.63) is 53.3 Å². The number of hydrogen-bond acceptors (Lipinski definition) is 2. The van der Waals surface area contributed by atoms with Crippen molar-refractivity contribution in [3.8, 4) is 17.2 Å². The molecule has 0 aliphatic rings. The molecule has 1 aromatic heterocycles. The van der Waals surface area contributed by atoms with E-state index in [0.717, 1.165) is 11.1 Å². The van der Waals surface area contributed by atoms with E-state index in [0.29, 0.717) is 5.69 Å². The molecule has 0 bridgehead atoms. The van der Waals surface area contributed by atoms with Gasteiger partial charge in [0, 0.05) is 6.20 Å². The third-order valence-corrected chi connectivity index (χ3v) is 2.71. The number of nitrogens with zero attached hydrogens (tertiary/aromatic N) is 2. The van der Waals surface area contributed by atoms with Gasteiger partial charge in [-0.25, -0.2) is 4.98 Å². The maximum Gasteiger partial charge on any atom is 0.141 e. The van der Waals surface area contributed by atoms with Crippen LogP contribution in [-0.2, 0) is 0 Å². The van der Waals surface area contributed by atoms with Crippen molar-refractivity contribution in [2.75, 3.05) is 0 Å². The molecule has 0 atom stereocenters. The SMILES string of the molecule is Cc1ccc(-c2ccnc(C#N)c2)cc1C. The van der Waals surface area contributed by atoms with Gasteiger partial charge in [-0.05, 0) is 48.2 Å². The molecule has 16 heavy (non-hydrogen) atoms. The lowest BCUT2D eigenvalue weighted by Gasteiger charge is -2.05. The highest BCUT2D eigenvalue weighted by atomic mass is 14.7. The van der Waals surface area contributed by atoms with E-state index in [4.69, 9.17) is 5.26 Å². The van der Waals surface area contributed by atoms with Gasteiger partial charge in [-0.1, -0.05) is 18.2 Å². The Kier molecular flexibility index (Phi) is 2.70. The fraction of sp³-hybridized carbons (Fsp3) is 0.143. The second-order valence-electron chi connectivity index (χ2n) is 3.84. The molecule has 0 aliphatic carbocycles. The van der Waals surface area contributed by atoms with Crippen LogP contribution in [0.5, 0.6) is 0 Å². The lowest BCUT2D eigenvalue weighted by molar-refractivity contribution is 1.26. The fourth-order valence-corrected chi connectivity index (χ4v) is 1.59. The molecule has 0 N–H and O–H groups in total. The number of rotatable bonds is 1. The predicted molar refractivity (Wildman–Crippen MR) is 63.9 cm³/mol. The molecule has 2 heteroatoms. The number of pyridine rings is 1. The molecule has 0 saturated heterocycles. The molecule has 1 aromatic carbocycles. The topological polar surface area (TPSA) is 36.7 Å². The molecule has 0 saturated carbocycles. The Morgan fingerprint density at radius 2 is 1.75 bits per heavy atom. The Balaban J connectivity index is 2.51. The Hall–Kier alpha value is -2.14. The van der Waals surface area contributed by atoms with Crippen LogP contribution < -0.4 is 0 Å². The van der Waals surface area contributed by atoms with Crippen LogP contribution >= 0.6 is 0 Å². The highest BCUT2D eigenvalue weighted by Crippen LogP contribution is 2.22. The quantitative estimate of drug-likeness (QED) is 0.721. The Bertz CT molecular complexity index is 565. The number of aryl methyl sites for hydroxylation is 2. The predicted octanol–water partition coefficient (Wildman–Crippen LogP) is 3.24. The second kappa shape index (κ2) is 4.16. The number of benzene rings is 1. The number of nitriles is 1. The molecule has 0 aliphatic heterocycles. The summed E-state index contributed by atoms with van der Waals surface area (Å²) in [6.07, 6.45) is 1.67. The van der Waals surface area contributed by atoms with Crippen LogP contribution in [0.25, 0.3) is 11.1 Å². The van der Waals surface area contributed by atoms with Crippen LogP contribution in [0.4, 0.5) is 0 Å². The molecule has 2 nitrogen and oxygen atoms in total. The van der Waals surface area contributed by atoms with E-state index >= 15 is 0 Å². The molecular weight excluding hydrogens is 196 g/mol. The molecule has 0 fully saturated rings. The van der Waals surface area contributed by atoms with E-state index in [1.165, 1.54) is 11.1 Å². The summed E-state index contributed by atoms with van der Waals surface area (Å²) in [5.74, 6) is 0. The Morgan fingerprint density at radius 3 is 2.44 bits per heavy atom. The summed E-state index contributed by atoms with van der Waals surface area (Å²) in [6.45, 7) is 4.18. The summed E-state index contributed by atoms with van der Waals surface area (Å²) in [7, 11) is 0. The molecule has 2 rings (SSSR count). The first-order chi connectivity index (χ1) is 7.70. The van der Waals surface area contributed by atoms with Crippen LogP contribution in [0.1, 0.15) is 16.8 Å². The van der Waals surface area contributed by atoms with Gasteiger partial charge in [-0.3, -0.25) is 0 Å². The molecule has 0 spiro atoms. The zero-order chi connectivity index (χ0) is 11.5. The highest BCUT2D eigenvalue weighted by Gasteiger charge is 2.01. The molecule has 78 valence electrons. The maximum atomic E-state index is 8.80. The van der Waals surface area contributed by atoms with Gasteiger partial charge in [0.2, 0.25) is 0 Å². The summed E-state index contributed by atoms with van der Waals surface area (Å²) in [6, 6.07) is 12.1. The summed E-state index contributed by atoms with van der Waals surface area (Å²) in [5, 5.41) is 8.80. The largest absolute Gasteiger partial charge is 0.246 e. The smallest absolute Gasteiger partial charge is 0.141 e. The van der Waals surface area contributed by atoms with Crippen LogP contribution in [-0.4, -0.2) is 4.98 Å². The average molecular weight is 208 g/mol. The van der Waals surface area contributed by atoms with Gasteiger partial charge in [0.1, 0.15) is 11.8 Å². The number of hydrogen-bond donors (Lipinski definition) is 0. The van der Waals surface area contributed by atoms with Gasteiger partial charge in [0.15, 0.2) is 0 Å². The minimum atomic E-state index is 0.454. The van der Waals surface area contributed by atoms with Gasteiger partial charge in [-0.15, -0.1) is 0 Å². The van der Waals surface area contributed by atoms with Crippen molar-refractivity contribution in [1.82, 2.24) is 4.98 Å². The first-order valence-electron chi connectivity index (χ1n) is 5.14. The van der Waals surface area contributed by atoms with E-state index in [2.05, 4.69) is 43.1 Å². The monoisotopic (exact) mass is 208 g/mol. The van der Waals surface area contributed by atoms with E-state index in [1.54, 1.807) is 6.20 Å². The average Bonchev–Trinajstić information content (AvgIpc) is 2.33. The zero-order valence-corrected chi connectivity index (χ0v) is 9.36. The minimum Gasteiger partial charge on any atom is -0.246 e. The first kappa shape index (κ1) is 10.4. The van der Waals surface area contributed by atoms with Gasteiger partial charge < -0.3 is 0 Å². The van der Waals surface area contributed by atoms with E-state index in [1.807, 2.05) is 12.1 Å². The van der Waals surface area contributed by atoms with Crippen molar-refractivity contribution in [3.63, 3.8) is 0 Å². The van der Waals surface area contributed by atoms with Crippen LogP contribution in [0.15, 0.2) is 36.5 Å². The second-order valence-corrected chi connectivity index (χ2v) is 3.84. The van der Waals surface area contributed by atoms with Crippen LogP contribution in [0, 0.1) is 25.2 Å². The summed E-state index contributed by atoms with van der Waals surface area (Å²) in [5.41, 5.74) is 5.15. The van der Waals surface area contributed by atoms with E-state index < -0.39 is 0 Å². The molecule has 0 unspecified atom stereocenters. The normalized spacial score (nSPS) is 9.81. The summed E-state index contributed by atoms with van der Waals surface area (Å²) < 4.78 is 0. The Labute approximate surface area is 95.2 Å². The van der Waals surface area contributed by atoms with Crippen molar-refractivity contribution >= 4 is 0 Å². The van der Waals surface area contributed by atoms with E-state index in [-0.39, 0.29) is 0 Å².